The van der Waals surface area contributed by atoms with Crippen LogP contribution in [0.1, 0.15) is 245 Å². The van der Waals surface area contributed by atoms with Crippen molar-refractivity contribution in [3.63, 3.8) is 0 Å². The van der Waals surface area contributed by atoms with Crippen molar-refractivity contribution in [3.05, 3.63) is 24.3 Å². The fourth-order valence-electron chi connectivity index (χ4n) is 8.43. The van der Waals surface area contributed by atoms with Crippen LogP contribution >= 0.6 is 0 Å². The largest absolute Gasteiger partial charge is 0.457 e. The molecule has 6 unspecified atom stereocenters. The smallest absolute Gasteiger partial charge is 0.397 e. The van der Waals surface area contributed by atoms with Gasteiger partial charge in [0.05, 0.1) is 19.8 Å². The van der Waals surface area contributed by atoms with Gasteiger partial charge in [0.25, 0.3) is 0 Å². The van der Waals surface area contributed by atoms with E-state index < -0.39 is 59.8 Å². The number of carbonyl (C=O) groups is 1. The van der Waals surface area contributed by atoms with Crippen LogP contribution in [-0.4, -0.2) is 97.5 Å². The van der Waals surface area contributed by atoms with Gasteiger partial charge in [0.2, 0.25) is 0 Å². The number of allylic oxidation sites excluding steroid dienone is 4. The topological polar surface area (TPSA) is 178 Å². The first-order valence-corrected chi connectivity index (χ1v) is 28.5. The van der Waals surface area contributed by atoms with Crippen LogP contribution in [0.25, 0.3) is 0 Å². The molecule has 1 fully saturated rings. The molecule has 1 heterocycles. The van der Waals surface area contributed by atoms with Crippen molar-refractivity contribution < 1.29 is 56.2 Å². The van der Waals surface area contributed by atoms with Crippen LogP contribution in [0, 0.1) is 0 Å². The van der Waals surface area contributed by atoms with Crippen molar-refractivity contribution in [1.82, 2.24) is 0 Å². The van der Waals surface area contributed by atoms with Crippen LogP contribution in [0.2, 0.25) is 0 Å². The molecule has 4 N–H and O–H groups in total. The Morgan fingerprint density at radius 2 is 0.955 bits per heavy atom. The van der Waals surface area contributed by atoms with E-state index in [4.69, 9.17) is 18.9 Å². The van der Waals surface area contributed by atoms with Crippen LogP contribution in [0.5, 0.6) is 0 Å². The number of aliphatic hydroxyl groups excluding tert-OH is 3. The molecular weight excluding hydrogens is 861 g/mol. The number of aliphatic hydroxyl groups is 3. The third kappa shape index (κ3) is 37.5. The van der Waals surface area contributed by atoms with Crippen molar-refractivity contribution in [1.29, 1.82) is 0 Å². The Kier molecular flexibility index (Phi) is 42.5. The predicted octanol–water partition coefficient (Wildman–Crippen LogP) is 12.8. The van der Waals surface area contributed by atoms with E-state index in [0.29, 0.717) is 13.0 Å². The standard InChI is InChI=1S/C53H100O12S/c1-3-5-7-9-11-13-15-17-19-20-21-22-23-24-25-26-27-29-31-33-35-37-39-41-43-61-45-47(46-62-53-51(57)52(65-66(58,59)60)50(56)48(44-54)64-53)63-49(55)42-40-38-36-34-32-30-28-18-16-14-12-10-8-6-4-2/h18,20-21,28,47-48,50-54,56-57H,3-17,19,22-27,29-46H2,1-2H3,(H,58,59,60)/b21-20-,28-18-. The summed E-state index contributed by atoms with van der Waals surface area (Å²) in [7, 11) is -5.06. The Bertz CT molecular complexity index is 1250. The van der Waals surface area contributed by atoms with E-state index >= 15 is 0 Å². The normalized spacial score (nSPS) is 19.6. The molecule has 0 amide bonds. The van der Waals surface area contributed by atoms with E-state index in [1.165, 1.54) is 161 Å². The molecule has 1 saturated heterocycles. The highest BCUT2D eigenvalue weighted by molar-refractivity contribution is 7.80. The molecule has 1 rings (SSSR count). The van der Waals surface area contributed by atoms with Gasteiger partial charge in [-0.05, 0) is 64.2 Å². The summed E-state index contributed by atoms with van der Waals surface area (Å²) in [5, 5.41) is 30.8. The van der Waals surface area contributed by atoms with Crippen LogP contribution in [0.15, 0.2) is 24.3 Å². The number of unbranched alkanes of at least 4 members (excludes halogenated alkanes) is 31. The van der Waals surface area contributed by atoms with Crippen LogP contribution in [0.4, 0.5) is 0 Å². The molecule has 66 heavy (non-hydrogen) atoms. The number of esters is 1. The molecule has 0 aromatic carbocycles. The Labute approximate surface area is 403 Å². The molecule has 0 aromatic rings. The second-order valence-electron chi connectivity index (χ2n) is 18.8. The highest BCUT2D eigenvalue weighted by atomic mass is 32.3. The maximum absolute atomic E-state index is 12.9. The molecule has 0 bridgehead atoms. The lowest BCUT2D eigenvalue weighted by Gasteiger charge is -2.41. The lowest BCUT2D eigenvalue weighted by molar-refractivity contribution is -0.301. The quantitative estimate of drug-likeness (QED) is 0.0197. The summed E-state index contributed by atoms with van der Waals surface area (Å²) in [5.41, 5.74) is 0. The van der Waals surface area contributed by atoms with E-state index in [-0.39, 0.29) is 19.6 Å². The molecular formula is C53H100O12S. The first-order valence-electron chi connectivity index (χ1n) is 27.1. The van der Waals surface area contributed by atoms with Gasteiger partial charge < -0.3 is 34.3 Å². The van der Waals surface area contributed by atoms with Crippen molar-refractivity contribution in [2.24, 2.45) is 0 Å². The third-order valence-electron chi connectivity index (χ3n) is 12.5. The molecule has 0 aromatic heterocycles. The van der Waals surface area contributed by atoms with Crippen LogP contribution in [0.3, 0.4) is 0 Å². The zero-order valence-corrected chi connectivity index (χ0v) is 42.8. The fourth-order valence-corrected chi connectivity index (χ4v) is 8.94. The van der Waals surface area contributed by atoms with E-state index in [0.717, 1.165) is 57.8 Å². The third-order valence-corrected chi connectivity index (χ3v) is 13.0. The predicted molar refractivity (Wildman–Crippen MR) is 267 cm³/mol. The summed E-state index contributed by atoms with van der Waals surface area (Å²) < 4.78 is 59.3. The average molecular weight is 961 g/mol. The summed E-state index contributed by atoms with van der Waals surface area (Å²) in [4.78, 5) is 12.9. The lowest BCUT2D eigenvalue weighted by atomic mass is 9.99. The first-order chi connectivity index (χ1) is 32.1. The van der Waals surface area contributed by atoms with E-state index in [2.05, 4.69) is 42.3 Å². The Hall–Kier alpha value is -1.42. The van der Waals surface area contributed by atoms with E-state index in [1.54, 1.807) is 0 Å². The Morgan fingerprint density at radius 3 is 1.36 bits per heavy atom. The summed E-state index contributed by atoms with van der Waals surface area (Å²) in [6.45, 7) is 4.01. The number of carbonyl (C=O) groups excluding carboxylic acids is 1. The fraction of sp³-hybridized carbons (Fsp3) is 0.906. The van der Waals surface area contributed by atoms with E-state index in [9.17, 15) is 33.1 Å². The van der Waals surface area contributed by atoms with Crippen molar-refractivity contribution in [2.75, 3.05) is 26.4 Å². The summed E-state index contributed by atoms with van der Waals surface area (Å²) in [6, 6.07) is 0. The minimum absolute atomic E-state index is 0.0357. The molecule has 12 nitrogen and oxygen atoms in total. The molecule has 13 heteroatoms. The van der Waals surface area contributed by atoms with Crippen molar-refractivity contribution >= 4 is 16.4 Å². The molecule has 1 aliphatic rings. The zero-order chi connectivity index (χ0) is 48.2. The lowest BCUT2D eigenvalue weighted by Crippen LogP contribution is -2.60. The summed E-state index contributed by atoms with van der Waals surface area (Å²) in [6.07, 6.45) is 43.6. The van der Waals surface area contributed by atoms with Gasteiger partial charge in [-0.25, -0.2) is 4.18 Å². The molecule has 6 atom stereocenters. The average Bonchev–Trinajstić information content (AvgIpc) is 3.29. The van der Waals surface area contributed by atoms with Crippen molar-refractivity contribution in [2.45, 2.75) is 282 Å². The van der Waals surface area contributed by atoms with Gasteiger partial charge in [-0.2, -0.15) is 8.42 Å². The second-order valence-corrected chi connectivity index (χ2v) is 19.9. The number of rotatable bonds is 48. The highest BCUT2D eigenvalue weighted by Gasteiger charge is 2.48. The van der Waals surface area contributed by atoms with Gasteiger partial charge >= 0.3 is 16.4 Å². The summed E-state index contributed by atoms with van der Waals surface area (Å²) in [5.74, 6) is -0.404. The van der Waals surface area contributed by atoms with Crippen molar-refractivity contribution in [3.8, 4) is 0 Å². The van der Waals surface area contributed by atoms with Gasteiger partial charge in [-0.3, -0.25) is 9.35 Å². The molecule has 0 spiro atoms. The van der Waals surface area contributed by atoms with Gasteiger partial charge in [-0.15, -0.1) is 0 Å². The first kappa shape index (κ1) is 62.6. The monoisotopic (exact) mass is 961 g/mol. The van der Waals surface area contributed by atoms with Gasteiger partial charge in [0.1, 0.15) is 30.5 Å². The van der Waals surface area contributed by atoms with E-state index in [1.807, 2.05) is 0 Å². The molecule has 0 radical (unpaired) electrons. The molecule has 0 saturated carbocycles. The Balaban J connectivity index is 2.30. The minimum Gasteiger partial charge on any atom is -0.457 e. The SMILES string of the molecule is CCCCCCCC/C=C\CCCCCCCC(=O)OC(COCCCCCCCCCCCCCC/C=C\CCCCCCCCCC)COC1OC(CO)C(O)C(OS(=O)(=O)O)C1O. The highest BCUT2D eigenvalue weighted by Crippen LogP contribution is 2.26. The summed E-state index contributed by atoms with van der Waals surface area (Å²) >= 11 is 0. The maximum Gasteiger partial charge on any atom is 0.397 e. The van der Waals surface area contributed by atoms with Gasteiger partial charge in [-0.1, -0.05) is 199 Å². The number of ether oxygens (including phenoxy) is 4. The van der Waals surface area contributed by atoms with Gasteiger partial charge in [0.15, 0.2) is 6.29 Å². The van der Waals surface area contributed by atoms with Crippen LogP contribution < -0.4 is 0 Å². The molecule has 0 aliphatic carbocycles. The number of hydrogen-bond acceptors (Lipinski definition) is 11. The Morgan fingerprint density at radius 1 is 0.561 bits per heavy atom. The number of hydrogen-bond donors (Lipinski definition) is 4. The van der Waals surface area contributed by atoms with Crippen LogP contribution in [-0.2, 0) is 38.3 Å². The second kappa shape index (κ2) is 44.8. The zero-order valence-electron chi connectivity index (χ0n) is 42.0. The van der Waals surface area contributed by atoms with Gasteiger partial charge in [0, 0.05) is 13.0 Å². The molecule has 390 valence electrons. The molecule has 1 aliphatic heterocycles. The minimum atomic E-state index is -5.06. The maximum atomic E-state index is 12.9.